The van der Waals surface area contributed by atoms with Crippen molar-refractivity contribution in [3.05, 3.63) is 29.3 Å². The second kappa shape index (κ2) is 8.15. The fourth-order valence-corrected chi connectivity index (χ4v) is 3.18. The largest absolute Gasteiger partial charge is 0.493 e. The molecule has 0 fully saturated rings. The highest BCUT2D eigenvalue weighted by Crippen LogP contribution is 2.38. The zero-order chi connectivity index (χ0) is 15.9. The number of hydrogen-bond acceptors (Lipinski definition) is 5. The average molecular weight is 320 g/mol. The number of aromatic nitrogens is 1. The summed E-state index contributed by atoms with van der Waals surface area (Å²) in [7, 11) is 5.45. The molecule has 0 bridgehead atoms. The maximum absolute atomic E-state index is 5.50. The topological polar surface area (TPSA) is 34.6 Å². The standard InChI is InChI=1S/C17H24N2O2S/c1-5-6-10-19(2)11-13-12-22-17(18-13)14-8-7-9-15(20-3)16(14)21-4/h7-9,12H,5-6,10-11H2,1-4H3. The van der Waals surface area contributed by atoms with E-state index in [0.717, 1.165) is 40.9 Å². The van der Waals surface area contributed by atoms with E-state index in [2.05, 4.69) is 24.3 Å². The van der Waals surface area contributed by atoms with Crippen molar-refractivity contribution in [2.45, 2.75) is 26.3 Å². The van der Waals surface area contributed by atoms with Crippen molar-refractivity contribution in [3.63, 3.8) is 0 Å². The van der Waals surface area contributed by atoms with Crippen molar-refractivity contribution < 1.29 is 9.47 Å². The van der Waals surface area contributed by atoms with Gasteiger partial charge in [-0.05, 0) is 32.1 Å². The number of para-hydroxylation sites is 1. The Hall–Kier alpha value is -1.59. The lowest BCUT2D eigenvalue weighted by atomic mass is 10.2. The van der Waals surface area contributed by atoms with Crippen LogP contribution in [0.5, 0.6) is 11.5 Å². The minimum absolute atomic E-state index is 0.733. The van der Waals surface area contributed by atoms with E-state index < -0.39 is 0 Å². The Bertz CT molecular complexity index is 598. The number of ether oxygens (including phenoxy) is 2. The number of nitrogens with zero attached hydrogens (tertiary/aromatic N) is 2. The van der Waals surface area contributed by atoms with E-state index in [1.807, 2.05) is 18.2 Å². The SMILES string of the molecule is CCCCN(C)Cc1csc(-c2cccc(OC)c2OC)n1. The maximum Gasteiger partial charge on any atom is 0.170 e. The van der Waals surface area contributed by atoms with Gasteiger partial charge in [-0.3, -0.25) is 0 Å². The summed E-state index contributed by atoms with van der Waals surface area (Å²) in [6, 6.07) is 5.88. The Morgan fingerprint density at radius 1 is 1.23 bits per heavy atom. The van der Waals surface area contributed by atoms with Crippen molar-refractivity contribution in [2.24, 2.45) is 0 Å². The van der Waals surface area contributed by atoms with Crippen LogP contribution in [0.3, 0.4) is 0 Å². The molecule has 0 N–H and O–H groups in total. The Kier molecular flexibility index (Phi) is 6.21. The third kappa shape index (κ3) is 3.99. The van der Waals surface area contributed by atoms with Gasteiger partial charge in [0.1, 0.15) is 5.01 Å². The fourth-order valence-electron chi connectivity index (χ4n) is 2.34. The van der Waals surface area contributed by atoms with Crippen LogP contribution in [-0.2, 0) is 6.54 Å². The van der Waals surface area contributed by atoms with Gasteiger partial charge in [0.05, 0.1) is 25.5 Å². The molecular weight excluding hydrogens is 296 g/mol. The number of thiazole rings is 1. The predicted molar refractivity (Wildman–Crippen MR) is 91.9 cm³/mol. The molecule has 1 aromatic heterocycles. The van der Waals surface area contributed by atoms with E-state index in [9.17, 15) is 0 Å². The summed E-state index contributed by atoms with van der Waals surface area (Å²) in [6.45, 7) is 4.19. The van der Waals surface area contributed by atoms with Crippen molar-refractivity contribution in [2.75, 3.05) is 27.8 Å². The second-order valence-electron chi connectivity index (χ2n) is 5.28. The molecule has 0 unspecified atom stereocenters. The molecular formula is C17H24N2O2S. The van der Waals surface area contributed by atoms with E-state index >= 15 is 0 Å². The lowest BCUT2D eigenvalue weighted by Crippen LogP contribution is -2.19. The van der Waals surface area contributed by atoms with E-state index in [0.29, 0.717) is 0 Å². The van der Waals surface area contributed by atoms with Crippen LogP contribution in [0, 0.1) is 0 Å². The number of unbranched alkanes of at least 4 members (excludes halogenated alkanes) is 1. The minimum atomic E-state index is 0.733. The molecule has 2 aromatic rings. The predicted octanol–water partition coefficient (Wildman–Crippen LogP) is 4.06. The third-order valence-corrected chi connectivity index (χ3v) is 4.43. The molecule has 0 aliphatic heterocycles. The normalized spacial score (nSPS) is 11.0. The number of methoxy groups -OCH3 is 2. The van der Waals surface area contributed by atoms with Gasteiger partial charge in [0.25, 0.3) is 0 Å². The average Bonchev–Trinajstić information content (AvgIpc) is 3.00. The zero-order valence-corrected chi connectivity index (χ0v) is 14.6. The monoisotopic (exact) mass is 320 g/mol. The molecule has 1 heterocycles. The van der Waals surface area contributed by atoms with Crippen LogP contribution in [0.2, 0.25) is 0 Å². The molecule has 4 nitrogen and oxygen atoms in total. The summed E-state index contributed by atoms with van der Waals surface area (Å²) >= 11 is 1.64. The summed E-state index contributed by atoms with van der Waals surface area (Å²) in [6.07, 6.45) is 2.44. The highest BCUT2D eigenvalue weighted by molar-refractivity contribution is 7.13. The number of rotatable bonds is 8. The Morgan fingerprint density at radius 2 is 2.05 bits per heavy atom. The van der Waals surface area contributed by atoms with Crippen LogP contribution in [0.4, 0.5) is 0 Å². The summed E-state index contributed by atoms with van der Waals surface area (Å²) in [5.74, 6) is 1.47. The molecule has 0 amide bonds. The molecule has 2 rings (SSSR count). The van der Waals surface area contributed by atoms with Gasteiger partial charge >= 0.3 is 0 Å². The lowest BCUT2D eigenvalue weighted by molar-refractivity contribution is 0.318. The summed E-state index contributed by atoms with van der Waals surface area (Å²) in [5.41, 5.74) is 2.08. The van der Waals surface area contributed by atoms with Crippen molar-refractivity contribution in [1.29, 1.82) is 0 Å². The quantitative estimate of drug-likeness (QED) is 0.734. The lowest BCUT2D eigenvalue weighted by Gasteiger charge is -2.14. The summed E-state index contributed by atoms with van der Waals surface area (Å²) < 4.78 is 10.9. The van der Waals surface area contributed by atoms with Crippen LogP contribution in [-0.4, -0.2) is 37.7 Å². The first-order chi connectivity index (χ1) is 10.7. The van der Waals surface area contributed by atoms with Crippen molar-refractivity contribution in [3.8, 4) is 22.1 Å². The molecule has 0 aliphatic carbocycles. The zero-order valence-electron chi connectivity index (χ0n) is 13.8. The highest BCUT2D eigenvalue weighted by Gasteiger charge is 2.14. The van der Waals surface area contributed by atoms with Gasteiger partial charge in [-0.25, -0.2) is 4.98 Å². The molecule has 0 saturated heterocycles. The molecule has 120 valence electrons. The molecule has 22 heavy (non-hydrogen) atoms. The minimum Gasteiger partial charge on any atom is -0.493 e. The van der Waals surface area contributed by atoms with Gasteiger partial charge < -0.3 is 14.4 Å². The molecule has 0 atom stereocenters. The first kappa shape index (κ1) is 16.8. The first-order valence-corrected chi connectivity index (χ1v) is 8.41. The first-order valence-electron chi connectivity index (χ1n) is 7.53. The maximum atomic E-state index is 5.50. The Balaban J connectivity index is 2.18. The smallest absolute Gasteiger partial charge is 0.170 e. The number of hydrogen-bond donors (Lipinski definition) is 0. The third-order valence-electron chi connectivity index (χ3n) is 3.51. The van der Waals surface area contributed by atoms with Gasteiger partial charge in [0, 0.05) is 11.9 Å². The van der Waals surface area contributed by atoms with E-state index in [-0.39, 0.29) is 0 Å². The van der Waals surface area contributed by atoms with Crippen LogP contribution in [0.15, 0.2) is 23.6 Å². The van der Waals surface area contributed by atoms with Gasteiger partial charge in [0.15, 0.2) is 11.5 Å². The van der Waals surface area contributed by atoms with E-state index in [1.165, 1.54) is 12.8 Å². The molecule has 0 radical (unpaired) electrons. The van der Waals surface area contributed by atoms with Crippen LogP contribution in [0.25, 0.3) is 10.6 Å². The van der Waals surface area contributed by atoms with Crippen LogP contribution < -0.4 is 9.47 Å². The van der Waals surface area contributed by atoms with Crippen molar-refractivity contribution in [1.82, 2.24) is 9.88 Å². The van der Waals surface area contributed by atoms with Gasteiger partial charge in [-0.2, -0.15) is 0 Å². The fraction of sp³-hybridized carbons (Fsp3) is 0.471. The van der Waals surface area contributed by atoms with Crippen LogP contribution >= 0.6 is 11.3 Å². The highest BCUT2D eigenvalue weighted by atomic mass is 32.1. The molecule has 0 spiro atoms. The number of benzene rings is 1. The van der Waals surface area contributed by atoms with Gasteiger partial charge in [-0.1, -0.05) is 19.4 Å². The van der Waals surface area contributed by atoms with Crippen LogP contribution in [0.1, 0.15) is 25.5 Å². The van der Waals surface area contributed by atoms with Gasteiger partial charge in [0.2, 0.25) is 0 Å². The summed E-state index contributed by atoms with van der Waals surface area (Å²) in [4.78, 5) is 7.06. The molecule has 0 aliphatic rings. The molecule has 1 aromatic carbocycles. The Morgan fingerprint density at radius 3 is 2.73 bits per heavy atom. The molecule has 0 saturated carbocycles. The molecule has 5 heteroatoms. The van der Waals surface area contributed by atoms with Gasteiger partial charge in [-0.15, -0.1) is 11.3 Å². The summed E-state index contributed by atoms with van der Waals surface area (Å²) in [5, 5.41) is 3.09. The van der Waals surface area contributed by atoms with E-state index in [4.69, 9.17) is 14.5 Å². The van der Waals surface area contributed by atoms with Crippen molar-refractivity contribution >= 4 is 11.3 Å². The second-order valence-corrected chi connectivity index (χ2v) is 6.13. The van der Waals surface area contributed by atoms with E-state index in [1.54, 1.807) is 25.6 Å². The Labute approximate surface area is 136 Å².